The molecular formula is C24H33NO6. The lowest BCUT2D eigenvalue weighted by Crippen LogP contribution is -2.42. The molecule has 1 unspecified atom stereocenters. The minimum atomic E-state index is -1.05. The van der Waals surface area contributed by atoms with Crippen LogP contribution < -0.4 is 9.47 Å². The molecule has 2 saturated carbocycles. The molecule has 3 fully saturated rings. The third-order valence-electron chi connectivity index (χ3n) is 7.38. The molecule has 3 aliphatic rings. The molecule has 1 saturated heterocycles. The number of hydrogen-bond acceptors (Lipinski definition) is 5. The van der Waals surface area contributed by atoms with E-state index in [2.05, 4.69) is 0 Å². The van der Waals surface area contributed by atoms with Gasteiger partial charge in [0.25, 0.3) is 0 Å². The fraction of sp³-hybridized carbons (Fsp3) is 0.667. The predicted octanol–water partition coefficient (Wildman–Crippen LogP) is 2.91. The summed E-state index contributed by atoms with van der Waals surface area (Å²) in [5, 5.41) is 20.3. The van der Waals surface area contributed by atoms with Crippen molar-refractivity contribution in [3.63, 3.8) is 0 Å². The van der Waals surface area contributed by atoms with Crippen LogP contribution in [0, 0.1) is 23.2 Å². The summed E-state index contributed by atoms with van der Waals surface area (Å²) in [6.45, 7) is 5.08. The lowest BCUT2D eigenvalue weighted by atomic mass is 9.72. The van der Waals surface area contributed by atoms with Crippen molar-refractivity contribution in [2.24, 2.45) is 23.2 Å². The van der Waals surface area contributed by atoms with Crippen molar-refractivity contribution in [2.45, 2.75) is 51.6 Å². The van der Waals surface area contributed by atoms with Gasteiger partial charge in [-0.25, -0.2) is 0 Å². The molecule has 1 amide bonds. The van der Waals surface area contributed by atoms with Crippen molar-refractivity contribution in [1.82, 2.24) is 4.90 Å². The maximum absolute atomic E-state index is 13.1. The van der Waals surface area contributed by atoms with Crippen LogP contribution in [0.3, 0.4) is 0 Å². The number of aliphatic hydroxyl groups excluding tert-OH is 1. The number of benzene rings is 1. The summed E-state index contributed by atoms with van der Waals surface area (Å²) in [6.07, 6.45) is 3.28. The molecule has 4 atom stereocenters. The van der Waals surface area contributed by atoms with Crippen molar-refractivity contribution < 1.29 is 29.3 Å². The second-order valence-corrected chi connectivity index (χ2v) is 9.77. The molecule has 1 aromatic carbocycles. The number of methoxy groups -OCH3 is 1. The highest BCUT2D eigenvalue weighted by Crippen LogP contribution is 2.48. The summed E-state index contributed by atoms with van der Waals surface area (Å²) in [5.41, 5.74) is 0.369. The van der Waals surface area contributed by atoms with E-state index in [1.165, 1.54) is 12.8 Å². The molecular weight excluding hydrogens is 398 g/mol. The van der Waals surface area contributed by atoms with E-state index in [4.69, 9.17) is 9.47 Å². The Kier molecular flexibility index (Phi) is 5.90. The van der Waals surface area contributed by atoms with Gasteiger partial charge < -0.3 is 24.6 Å². The van der Waals surface area contributed by atoms with Crippen LogP contribution in [0.25, 0.3) is 0 Å². The van der Waals surface area contributed by atoms with Crippen LogP contribution >= 0.6 is 0 Å². The Hall–Kier alpha value is -2.28. The first-order chi connectivity index (χ1) is 14.7. The quantitative estimate of drug-likeness (QED) is 0.584. The van der Waals surface area contributed by atoms with Gasteiger partial charge >= 0.3 is 5.97 Å². The van der Waals surface area contributed by atoms with E-state index in [0.717, 1.165) is 18.4 Å². The Morgan fingerprint density at radius 3 is 2.48 bits per heavy atom. The van der Waals surface area contributed by atoms with Crippen LogP contribution in [0.4, 0.5) is 0 Å². The predicted molar refractivity (Wildman–Crippen MR) is 114 cm³/mol. The van der Waals surface area contributed by atoms with E-state index in [9.17, 15) is 19.8 Å². The van der Waals surface area contributed by atoms with Crippen LogP contribution in [-0.2, 0) is 9.59 Å². The van der Waals surface area contributed by atoms with E-state index >= 15 is 0 Å². The smallest absolute Gasteiger partial charge is 0.316 e. The van der Waals surface area contributed by atoms with Gasteiger partial charge in [0, 0.05) is 24.4 Å². The summed E-state index contributed by atoms with van der Waals surface area (Å²) in [5.74, 6) is -0.626. The second-order valence-electron chi connectivity index (χ2n) is 9.77. The molecule has 7 heteroatoms. The van der Waals surface area contributed by atoms with Crippen LogP contribution in [0.1, 0.15) is 51.0 Å². The molecule has 1 aromatic rings. The Morgan fingerprint density at radius 2 is 1.94 bits per heavy atom. The summed E-state index contributed by atoms with van der Waals surface area (Å²) in [4.78, 5) is 26.5. The summed E-state index contributed by atoms with van der Waals surface area (Å²) in [7, 11) is 1.61. The number of hydrogen-bond donors (Lipinski definition) is 2. The van der Waals surface area contributed by atoms with Crippen LogP contribution in [0.2, 0.25) is 0 Å². The van der Waals surface area contributed by atoms with Crippen LogP contribution in [0.5, 0.6) is 11.5 Å². The highest BCUT2D eigenvalue weighted by molar-refractivity contribution is 5.97. The lowest BCUT2D eigenvalue weighted by molar-refractivity contribution is -0.152. The lowest BCUT2D eigenvalue weighted by Gasteiger charge is -2.34. The number of aliphatic hydroxyl groups is 1. The molecule has 31 heavy (non-hydrogen) atoms. The summed E-state index contributed by atoms with van der Waals surface area (Å²) in [6, 6.07) is 5.78. The fourth-order valence-corrected chi connectivity index (χ4v) is 4.74. The monoisotopic (exact) mass is 431 g/mol. The maximum atomic E-state index is 13.1. The van der Waals surface area contributed by atoms with Gasteiger partial charge in [-0.3, -0.25) is 9.59 Å². The Balaban J connectivity index is 1.60. The number of likely N-dealkylation sites (tertiary alicyclic amines) is 1. The largest absolute Gasteiger partial charge is 0.493 e. The van der Waals surface area contributed by atoms with E-state index in [-0.39, 0.29) is 17.7 Å². The van der Waals surface area contributed by atoms with Gasteiger partial charge in [-0.15, -0.1) is 0 Å². The molecule has 170 valence electrons. The third-order valence-corrected chi connectivity index (χ3v) is 7.38. The SMILES string of the molecule is COc1ccc([C@@H]2CN(C(=O)C(C(=O)O)C3CC3)C[C@@]2(C)[C@@H](C)O)cc1OCC1CC1. The highest BCUT2D eigenvalue weighted by atomic mass is 16.5. The Bertz CT molecular complexity index is 846. The van der Waals surface area contributed by atoms with Gasteiger partial charge in [-0.2, -0.15) is 0 Å². The second kappa shape index (κ2) is 8.34. The molecule has 1 heterocycles. The van der Waals surface area contributed by atoms with Crippen molar-refractivity contribution in [3.8, 4) is 11.5 Å². The van der Waals surface area contributed by atoms with E-state index < -0.39 is 23.4 Å². The molecule has 4 rings (SSSR count). The zero-order valence-electron chi connectivity index (χ0n) is 18.5. The molecule has 7 nitrogen and oxygen atoms in total. The van der Waals surface area contributed by atoms with Gasteiger partial charge in [0.1, 0.15) is 5.92 Å². The molecule has 2 N–H and O–H groups in total. The number of carbonyl (C=O) groups excluding carboxylic acids is 1. The number of ether oxygens (including phenoxy) is 2. The fourth-order valence-electron chi connectivity index (χ4n) is 4.74. The first kappa shape index (κ1) is 21.9. The van der Waals surface area contributed by atoms with Gasteiger partial charge in [0.05, 0.1) is 19.8 Å². The zero-order chi connectivity index (χ0) is 22.3. The van der Waals surface area contributed by atoms with Crippen molar-refractivity contribution >= 4 is 11.9 Å². The van der Waals surface area contributed by atoms with E-state index in [1.807, 2.05) is 25.1 Å². The third kappa shape index (κ3) is 4.38. The van der Waals surface area contributed by atoms with Crippen LogP contribution in [-0.4, -0.2) is 59.9 Å². The summed E-state index contributed by atoms with van der Waals surface area (Å²) < 4.78 is 11.5. The van der Waals surface area contributed by atoms with Gasteiger partial charge in [-0.05, 0) is 62.1 Å². The average Bonchev–Trinajstić information content (AvgIpc) is 3.65. The average molecular weight is 432 g/mol. The normalized spacial score (nSPS) is 27.6. The van der Waals surface area contributed by atoms with Crippen molar-refractivity contribution in [3.05, 3.63) is 23.8 Å². The number of nitrogens with zero attached hydrogens (tertiary/aromatic N) is 1. The Labute approximate surface area is 183 Å². The molecule has 2 aliphatic carbocycles. The number of carbonyl (C=O) groups is 2. The molecule has 0 spiro atoms. The Morgan fingerprint density at radius 1 is 1.23 bits per heavy atom. The molecule has 0 radical (unpaired) electrons. The number of rotatable bonds is 9. The number of carboxylic acid groups (broad SMARTS) is 1. The first-order valence-corrected chi connectivity index (χ1v) is 11.2. The topological polar surface area (TPSA) is 96.3 Å². The van der Waals surface area contributed by atoms with Gasteiger partial charge in [0.2, 0.25) is 5.91 Å². The highest BCUT2D eigenvalue weighted by Gasteiger charge is 2.52. The van der Waals surface area contributed by atoms with Gasteiger partial charge in [-0.1, -0.05) is 13.0 Å². The molecule has 0 bridgehead atoms. The summed E-state index contributed by atoms with van der Waals surface area (Å²) >= 11 is 0. The molecule has 0 aromatic heterocycles. The van der Waals surface area contributed by atoms with Crippen molar-refractivity contribution in [1.29, 1.82) is 0 Å². The van der Waals surface area contributed by atoms with E-state index in [1.54, 1.807) is 18.9 Å². The first-order valence-electron chi connectivity index (χ1n) is 11.2. The number of amides is 1. The number of aliphatic carboxylic acids is 1. The zero-order valence-corrected chi connectivity index (χ0v) is 18.5. The minimum absolute atomic E-state index is 0.0646. The molecule has 1 aliphatic heterocycles. The van der Waals surface area contributed by atoms with Crippen molar-refractivity contribution in [2.75, 3.05) is 26.8 Å². The van der Waals surface area contributed by atoms with Gasteiger partial charge in [0.15, 0.2) is 11.5 Å². The van der Waals surface area contributed by atoms with Crippen LogP contribution in [0.15, 0.2) is 18.2 Å². The maximum Gasteiger partial charge on any atom is 0.316 e. The number of carboxylic acids is 1. The standard InChI is InChI=1S/C24H33NO6/c1-14(26)24(2)13-25(22(27)21(23(28)29)16-6-7-16)11-18(24)17-8-9-19(30-3)20(10-17)31-12-15-4-5-15/h8-10,14-16,18,21,26H,4-7,11-13H2,1-3H3,(H,28,29)/t14-,18+,21?,24+/m1/s1. The minimum Gasteiger partial charge on any atom is -0.493 e. The van der Waals surface area contributed by atoms with E-state index in [0.29, 0.717) is 37.1 Å².